The summed E-state index contributed by atoms with van der Waals surface area (Å²) in [6.07, 6.45) is 4.73. The van der Waals surface area contributed by atoms with E-state index < -0.39 is 0 Å². The molecule has 0 saturated carbocycles. The molecule has 4 aromatic rings. The molecule has 0 radical (unpaired) electrons. The highest BCUT2D eigenvalue weighted by atomic mass is 79.9. The number of ether oxygens (including phenoxy) is 2. The first kappa shape index (κ1) is 18.2. The molecule has 4 rings (SSSR count). The van der Waals surface area contributed by atoms with Gasteiger partial charge in [-0.1, -0.05) is 42.5 Å². The highest BCUT2D eigenvalue weighted by Crippen LogP contribution is 2.34. The second-order valence-electron chi connectivity index (χ2n) is 6.04. The van der Waals surface area contributed by atoms with E-state index in [2.05, 4.69) is 55.5 Å². The van der Waals surface area contributed by atoms with Crippen LogP contribution in [0.3, 0.4) is 0 Å². The zero-order valence-corrected chi connectivity index (χ0v) is 16.7. The van der Waals surface area contributed by atoms with Crippen molar-refractivity contribution in [3.63, 3.8) is 0 Å². The summed E-state index contributed by atoms with van der Waals surface area (Å²) in [6.45, 7) is 0.443. The zero-order chi connectivity index (χ0) is 19.3. The number of benzene rings is 3. The molecule has 0 aliphatic carbocycles. The van der Waals surface area contributed by atoms with E-state index in [0.717, 1.165) is 15.6 Å². The van der Waals surface area contributed by atoms with E-state index in [1.165, 1.54) is 28.1 Å². The van der Waals surface area contributed by atoms with Gasteiger partial charge in [-0.15, -0.1) is 10.2 Å². The molecule has 0 bridgehead atoms. The Hall–Kier alpha value is -3.19. The van der Waals surface area contributed by atoms with Crippen LogP contribution >= 0.6 is 15.9 Å². The van der Waals surface area contributed by atoms with Crippen molar-refractivity contribution in [1.82, 2.24) is 14.9 Å². The second kappa shape index (κ2) is 8.22. The number of hydrogen-bond donors (Lipinski definition) is 0. The Morgan fingerprint density at radius 1 is 1.04 bits per heavy atom. The van der Waals surface area contributed by atoms with Crippen LogP contribution in [0.15, 0.2) is 76.8 Å². The molecule has 0 spiro atoms. The minimum absolute atomic E-state index is 0.443. The van der Waals surface area contributed by atoms with Gasteiger partial charge in [0.05, 0.1) is 13.3 Å². The first-order chi connectivity index (χ1) is 13.7. The van der Waals surface area contributed by atoms with Crippen LogP contribution in [0, 0.1) is 0 Å². The Kier molecular flexibility index (Phi) is 5.34. The normalized spacial score (nSPS) is 11.2. The maximum Gasteiger partial charge on any atom is 0.162 e. The van der Waals surface area contributed by atoms with Gasteiger partial charge in [-0.2, -0.15) is 5.10 Å². The molecule has 0 N–H and O–H groups in total. The number of methoxy groups -OCH3 is 1. The van der Waals surface area contributed by atoms with Crippen molar-refractivity contribution in [2.75, 3.05) is 7.11 Å². The lowest BCUT2D eigenvalue weighted by molar-refractivity contribution is 0.285. The van der Waals surface area contributed by atoms with Crippen molar-refractivity contribution in [3.8, 4) is 11.5 Å². The molecular formula is C21H17BrN4O2. The summed E-state index contributed by atoms with van der Waals surface area (Å²) in [5.41, 5.74) is 1.97. The summed E-state index contributed by atoms with van der Waals surface area (Å²) in [5, 5.41) is 14.1. The van der Waals surface area contributed by atoms with E-state index >= 15 is 0 Å². The first-order valence-corrected chi connectivity index (χ1v) is 9.40. The summed E-state index contributed by atoms with van der Waals surface area (Å²) in [4.78, 5) is 0. The van der Waals surface area contributed by atoms with Gasteiger partial charge in [0.15, 0.2) is 11.5 Å². The van der Waals surface area contributed by atoms with Gasteiger partial charge in [0, 0.05) is 10.0 Å². The molecule has 0 fully saturated rings. The van der Waals surface area contributed by atoms with Gasteiger partial charge in [0.2, 0.25) is 0 Å². The third-order valence-corrected chi connectivity index (χ3v) is 4.97. The molecule has 0 atom stereocenters. The zero-order valence-electron chi connectivity index (χ0n) is 15.1. The van der Waals surface area contributed by atoms with Crippen LogP contribution in [0.25, 0.3) is 10.8 Å². The Labute approximate surface area is 170 Å². The van der Waals surface area contributed by atoms with Crippen LogP contribution in [-0.2, 0) is 6.61 Å². The molecule has 6 nitrogen and oxygen atoms in total. The number of rotatable bonds is 6. The van der Waals surface area contributed by atoms with Crippen LogP contribution in [0.1, 0.15) is 11.1 Å². The number of fused-ring (bicyclic) bond motifs is 1. The fourth-order valence-corrected chi connectivity index (χ4v) is 3.30. The molecule has 7 heteroatoms. The van der Waals surface area contributed by atoms with Crippen molar-refractivity contribution >= 4 is 32.9 Å². The minimum atomic E-state index is 0.443. The van der Waals surface area contributed by atoms with E-state index in [-0.39, 0.29) is 0 Å². The molecule has 0 aliphatic heterocycles. The monoisotopic (exact) mass is 436 g/mol. The highest BCUT2D eigenvalue weighted by Gasteiger charge is 2.11. The largest absolute Gasteiger partial charge is 0.493 e. The van der Waals surface area contributed by atoms with Crippen LogP contribution in [0.5, 0.6) is 11.5 Å². The predicted octanol–water partition coefficient (Wildman–Crippen LogP) is 4.66. The van der Waals surface area contributed by atoms with Crippen molar-refractivity contribution in [1.29, 1.82) is 0 Å². The Balaban J connectivity index is 1.58. The van der Waals surface area contributed by atoms with Crippen molar-refractivity contribution < 1.29 is 9.47 Å². The lowest BCUT2D eigenvalue weighted by atomic mass is 10.1. The molecular weight excluding hydrogens is 420 g/mol. The van der Waals surface area contributed by atoms with Gasteiger partial charge in [-0.05, 0) is 44.4 Å². The molecule has 0 aliphatic rings. The lowest BCUT2D eigenvalue weighted by Crippen LogP contribution is -2.00. The molecule has 0 amide bonds. The summed E-state index contributed by atoms with van der Waals surface area (Å²) < 4.78 is 14.0. The summed E-state index contributed by atoms with van der Waals surface area (Å²) in [6, 6.07) is 18.2. The number of hydrogen-bond acceptors (Lipinski definition) is 5. The van der Waals surface area contributed by atoms with Crippen molar-refractivity contribution in [3.05, 3.63) is 82.9 Å². The van der Waals surface area contributed by atoms with Crippen molar-refractivity contribution in [2.45, 2.75) is 6.61 Å². The molecule has 1 heterocycles. The number of nitrogens with zero attached hydrogens (tertiary/aromatic N) is 4. The van der Waals surface area contributed by atoms with Gasteiger partial charge >= 0.3 is 0 Å². The van der Waals surface area contributed by atoms with E-state index in [9.17, 15) is 0 Å². The predicted molar refractivity (Wildman–Crippen MR) is 112 cm³/mol. The van der Waals surface area contributed by atoms with E-state index in [0.29, 0.717) is 18.1 Å². The third kappa shape index (κ3) is 3.89. The summed E-state index contributed by atoms with van der Waals surface area (Å²) >= 11 is 3.57. The summed E-state index contributed by atoms with van der Waals surface area (Å²) in [5.74, 6) is 1.29. The van der Waals surface area contributed by atoms with Crippen LogP contribution in [0.4, 0.5) is 0 Å². The van der Waals surface area contributed by atoms with Gasteiger partial charge < -0.3 is 9.47 Å². The van der Waals surface area contributed by atoms with Crippen molar-refractivity contribution in [2.24, 2.45) is 5.10 Å². The summed E-state index contributed by atoms with van der Waals surface area (Å²) in [7, 11) is 1.62. The quantitative estimate of drug-likeness (QED) is 0.412. The fourth-order valence-electron chi connectivity index (χ4n) is 2.88. The van der Waals surface area contributed by atoms with E-state index in [1.54, 1.807) is 13.3 Å². The molecule has 3 aromatic carbocycles. The van der Waals surface area contributed by atoms with Gasteiger partial charge in [0.1, 0.15) is 19.3 Å². The SMILES string of the molecule is COc1cc(/C=N/n2cnnc2)c(Br)cc1OCc1cccc2ccccc12. The third-order valence-electron chi connectivity index (χ3n) is 4.28. The van der Waals surface area contributed by atoms with Gasteiger partial charge in [-0.3, -0.25) is 0 Å². The lowest BCUT2D eigenvalue weighted by Gasteiger charge is -2.14. The van der Waals surface area contributed by atoms with Crippen LogP contribution in [0.2, 0.25) is 0 Å². The highest BCUT2D eigenvalue weighted by molar-refractivity contribution is 9.10. The van der Waals surface area contributed by atoms with Crippen LogP contribution in [-0.4, -0.2) is 28.2 Å². The Bertz CT molecular complexity index is 1120. The van der Waals surface area contributed by atoms with Gasteiger partial charge in [-0.25, -0.2) is 4.68 Å². The molecule has 0 saturated heterocycles. The second-order valence-corrected chi connectivity index (χ2v) is 6.89. The molecule has 0 unspecified atom stereocenters. The number of halogens is 1. The maximum atomic E-state index is 6.08. The van der Waals surface area contributed by atoms with Gasteiger partial charge in [0.25, 0.3) is 0 Å². The minimum Gasteiger partial charge on any atom is -0.493 e. The average Bonchev–Trinajstić information content (AvgIpc) is 3.25. The molecule has 28 heavy (non-hydrogen) atoms. The molecule has 1 aromatic heterocycles. The molecule has 140 valence electrons. The first-order valence-electron chi connectivity index (χ1n) is 8.60. The van der Waals surface area contributed by atoms with Crippen LogP contribution < -0.4 is 9.47 Å². The van der Waals surface area contributed by atoms with E-state index in [1.807, 2.05) is 30.3 Å². The topological polar surface area (TPSA) is 61.5 Å². The van der Waals surface area contributed by atoms with E-state index in [4.69, 9.17) is 9.47 Å². The number of aromatic nitrogens is 3. The average molecular weight is 437 g/mol. The standard InChI is InChI=1S/C21H17BrN4O2/c1-27-20-9-17(11-25-26-13-23-24-14-26)19(22)10-21(20)28-12-16-7-4-6-15-5-2-3-8-18(15)16/h2-11,13-14H,12H2,1H3/b25-11+. The smallest absolute Gasteiger partial charge is 0.162 e. The Morgan fingerprint density at radius 3 is 2.64 bits per heavy atom. The maximum absolute atomic E-state index is 6.08. The fraction of sp³-hybridized carbons (Fsp3) is 0.0952. The Morgan fingerprint density at radius 2 is 1.82 bits per heavy atom.